The first-order chi connectivity index (χ1) is 8.07. The van der Waals surface area contributed by atoms with E-state index in [0.29, 0.717) is 12.2 Å². The number of hydrogen-bond acceptors (Lipinski definition) is 3. The number of rotatable bonds is 9. The Balaban J connectivity index is 3.52. The molecule has 0 aliphatic heterocycles. The molecule has 0 rings (SSSR count). The van der Waals surface area contributed by atoms with Gasteiger partial charge in [0.2, 0.25) is 0 Å². The van der Waals surface area contributed by atoms with Crippen molar-refractivity contribution in [1.82, 2.24) is 4.90 Å². The van der Waals surface area contributed by atoms with Crippen LogP contribution in [0.4, 0.5) is 0 Å². The monoisotopic (exact) mass is 241 g/mol. The summed E-state index contributed by atoms with van der Waals surface area (Å²) >= 11 is 0. The summed E-state index contributed by atoms with van der Waals surface area (Å²) in [4.78, 5) is 13.3. The van der Waals surface area contributed by atoms with Gasteiger partial charge in [-0.15, -0.1) is 0 Å². The van der Waals surface area contributed by atoms with Gasteiger partial charge in [-0.05, 0) is 13.3 Å². The van der Waals surface area contributed by atoms with Crippen molar-refractivity contribution in [2.24, 2.45) is 0 Å². The van der Waals surface area contributed by atoms with E-state index < -0.39 is 0 Å². The highest BCUT2D eigenvalue weighted by Crippen LogP contribution is 2.06. The van der Waals surface area contributed by atoms with Crippen LogP contribution in [0.5, 0.6) is 0 Å². The Kier molecular flexibility index (Phi) is 9.59. The third-order valence-corrected chi connectivity index (χ3v) is 2.50. The number of carbonyl (C=O) groups excluding carboxylic acids is 1. The van der Waals surface area contributed by atoms with E-state index >= 15 is 0 Å². The van der Waals surface area contributed by atoms with E-state index in [1.165, 1.54) is 25.7 Å². The molecule has 0 heterocycles. The summed E-state index contributed by atoms with van der Waals surface area (Å²) < 4.78 is 5.18. The van der Waals surface area contributed by atoms with Crippen molar-refractivity contribution in [3.8, 4) is 0 Å². The van der Waals surface area contributed by atoms with Gasteiger partial charge in [0.05, 0.1) is 6.61 Å². The second kappa shape index (κ2) is 10.2. The first kappa shape index (κ1) is 16.0. The zero-order chi connectivity index (χ0) is 13.1. The minimum atomic E-state index is -0.202. The lowest BCUT2D eigenvalue weighted by Gasteiger charge is -2.08. The van der Waals surface area contributed by atoms with E-state index in [1.54, 1.807) is 13.1 Å². The van der Waals surface area contributed by atoms with Crippen LogP contribution in [0, 0.1) is 0 Å². The highest BCUT2D eigenvalue weighted by atomic mass is 16.5. The normalized spacial score (nSPS) is 11.4. The highest BCUT2D eigenvalue weighted by molar-refractivity contribution is 5.87. The lowest BCUT2D eigenvalue weighted by molar-refractivity contribution is -0.139. The van der Waals surface area contributed by atoms with Gasteiger partial charge in [-0.1, -0.05) is 39.0 Å². The lowest BCUT2D eigenvalue weighted by atomic mass is 10.1. The second-order valence-electron chi connectivity index (χ2n) is 4.68. The van der Waals surface area contributed by atoms with Crippen LogP contribution in [0.2, 0.25) is 0 Å². The molecule has 100 valence electrons. The molecule has 0 spiro atoms. The van der Waals surface area contributed by atoms with E-state index in [4.69, 9.17) is 4.74 Å². The predicted octanol–water partition coefficient (Wildman–Crippen LogP) is 3.36. The fraction of sp³-hybridized carbons (Fsp3) is 0.786. The van der Waals surface area contributed by atoms with Crippen molar-refractivity contribution < 1.29 is 9.53 Å². The number of nitrogens with zero attached hydrogens (tertiary/aromatic N) is 1. The molecule has 0 radical (unpaired) electrons. The van der Waals surface area contributed by atoms with E-state index in [0.717, 1.165) is 12.8 Å². The van der Waals surface area contributed by atoms with Crippen LogP contribution in [0.3, 0.4) is 0 Å². The summed E-state index contributed by atoms with van der Waals surface area (Å²) in [6.07, 6.45) is 9.04. The van der Waals surface area contributed by atoms with Crippen LogP contribution in [0.15, 0.2) is 11.8 Å². The molecule has 17 heavy (non-hydrogen) atoms. The summed E-state index contributed by atoms with van der Waals surface area (Å²) in [5.74, 6) is -0.202. The fourth-order valence-electron chi connectivity index (χ4n) is 1.60. The van der Waals surface area contributed by atoms with Crippen molar-refractivity contribution in [3.05, 3.63) is 11.8 Å². The quantitative estimate of drug-likeness (QED) is 0.352. The van der Waals surface area contributed by atoms with Crippen molar-refractivity contribution in [1.29, 1.82) is 0 Å². The van der Waals surface area contributed by atoms with E-state index in [9.17, 15) is 4.79 Å². The number of carbonyl (C=O) groups is 1. The van der Waals surface area contributed by atoms with Gasteiger partial charge in [-0.3, -0.25) is 0 Å². The molecule has 0 aliphatic carbocycles. The topological polar surface area (TPSA) is 29.5 Å². The average Bonchev–Trinajstić information content (AvgIpc) is 2.26. The molecule has 3 nitrogen and oxygen atoms in total. The van der Waals surface area contributed by atoms with Gasteiger partial charge >= 0.3 is 5.97 Å². The second-order valence-corrected chi connectivity index (χ2v) is 4.68. The highest BCUT2D eigenvalue weighted by Gasteiger charge is 2.05. The molecule has 0 unspecified atom stereocenters. The molecular weight excluding hydrogens is 214 g/mol. The zero-order valence-corrected chi connectivity index (χ0v) is 11.8. The largest absolute Gasteiger partial charge is 0.462 e. The van der Waals surface area contributed by atoms with Gasteiger partial charge < -0.3 is 9.64 Å². The Morgan fingerprint density at radius 2 is 1.71 bits per heavy atom. The van der Waals surface area contributed by atoms with Gasteiger partial charge in [0.15, 0.2) is 0 Å². The van der Waals surface area contributed by atoms with Gasteiger partial charge in [0, 0.05) is 25.9 Å². The predicted molar refractivity (Wildman–Crippen MR) is 71.8 cm³/mol. The van der Waals surface area contributed by atoms with Crippen LogP contribution < -0.4 is 0 Å². The Morgan fingerprint density at radius 1 is 1.12 bits per heavy atom. The van der Waals surface area contributed by atoms with Gasteiger partial charge in [0.25, 0.3) is 0 Å². The number of hydrogen-bond donors (Lipinski definition) is 0. The average molecular weight is 241 g/mol. The maximum absolute atomic E-state index is 11.5. The van der Waals surface area contributed by atoms with Crippen LogP contribution in [0.25, 0.3) is 0 Å². The van der Waals surface area contributed by atoms with Crippen LogP contribution >= 0.6 is 0 Å². The fourth-order valence-corrected chi connectivity index (χ4v) is 1.60. The minimum Gasteiger partial charge on any atom is -0.462 e. The van der Waals surface area contributed by atoms with Crippen LogP contribution in [0.1, 0.15) is 52.4 Å². The van der Waals surface area contributed by atoms with Crippen molar-refractivity contribution in [2.45, 2.75) is 52.4 Å². The summed E-state index contributed by atoms with van der Waals surface area (Å²) in [6.45, 7) is 4.54. The molecule has 0 bridgehead atoms. The summed E-state index contributed by atoms with van der Waals surface area (Å²) in [6, 6.07) is 0. The third-order valence-electron chi connectivity index (χ3n) is 2.50. The maximum atomic E-state index is 11.5. The molecule has 0 aliphatic rings. The summed E-state index contributed by atoms with van der Waals surface area (Å²) in [5.41, 5.74) is 0.654. The molecule has 0 saturated heterocycles. The van der Waals surface area contributed by atoms with Gasteiger partial charge in [-0.2, -0.15) is 0 Å². The molecule has 0 amide bonds. The number of unbranched alkanes of at least 4 members (excludes halogenated alkanes) is 5. The molecule has 0 N–H and O–H groups in total. The zero-order valence-electron chi connectivity index (χ0n) is 11.8. The number of esters is 1. The third kappa shape index (κ3) is 9.91. The van der Waals surface area contributed by atoms with Crippen molar-refractivity contribution in [2.75, 3.05) is 20.7 Å². The molecule has 0 fully saturated rings. The standard InChI is InChI=1S/C14H27NO2/c1-5-6-7-8-9-10-11-17-14(16)13(2)12-15(3)4/h12H,5-11H2,1-4H3/b13-12+. The van der Waals surface area contributed by atoms with E-state index in [2.05, 4.69) is 6.92 Å². The molecule has 0 aromatic heterocycles. The van der Waals surface area contributed by atoms with Crippen LogP contribution in [-0.2, 0) is 9.53 Å². The smallest absolute Gasteiger partial charge is 0.335 e. The Morgan fingerprint density at radius 3 is 2.29 bits per heavy atom. The van der Waals surface area contributed by atoms with Crippen molar-refractivity contribution in [3.63, 3.8) is 0 Å². The first-order valence-electron chi connectivity index (χ1n) is 6.60. The molecule has 3 heteroatoms. The van der Waals surface area contributed by atoms with Gasteiger partial charge in [0.1, 0.15) is 0 Å². The Hall–Kier alpha value is -0.990. The molecule has 0 saturated carbocycles. The molecule has 0 atom stereocenters. The Bertz CT molecular complexity index is 234. The summed E-state index contributed by atoms with van der Waals surface area (Å²) in [5, 5.41) is 0. The Labute approximate surface area is 106 Å². The molecular formula is C14H27NO2. The lowest BCUT2D eigenvalue weighted by Crippen LogP contribution is -2.11. The SMILES string of the molecule is CCCCCCCCOC(=O)/C(C)=C/N(C)C. The summed E-state index contributed by atoms with van der Waals surface area (Å²) in [7, 11) is 3.79. The van der Waals surface area contributed by atoms with Gasteiger partial charge in [-0.25, -0.2) is 4.79 Å². The van der Waals surface area contributed by atoms with Crippen molar-refractivity contribution >= 4 is 5.97 Å². The maximum Gasteiger partial charge on any atom is 0.335 e. The molecule has 0 aromatic carbocycles. The first-order valence-corrected chi connectivity index (χ1v) is 6.60. The van der Waals surface area contributed by atoms with Crippen LogP contribution in [-0.4, -0.2) is 31.6 Å². The minimum absolute atomic E-state index is 0.202. The van der Waals surface area contributed by atoms with E-state index in [1.807, 2.05) is 19.0 Å². The van der Waals surface area contributed by atoms with E-state index in [-0.39, 0.29) is 5.97 Å². The molecule has 0 aromatic rings. The number of ether oxygens (including phenoxy) is 1.